The van der Waals surface area contributed by atoms with Crippen LogP contribution in [0.15, 0.2) is 53.0 Å². The Kier molecular flexibility index (Phi) is 4.50. The summed E-state index contributed by atoms with van der Waals surface area (Å²) in [5, 5.41) is 3.42. The molecular formula is C15H15BrFN. The number of benzene rings is 2. The van der Waals surface area contributed by atoms with E-state index in [1.807, 2.05) is 18.2 Å². The Morgan fingerprint density at radius 2 is 1.89 bits per heavy atom. The van der Waals surface area contributed by atoms with Crippen molar-refractivity contribution >= 4 is 15.9 Å². The van der Waals surface area contributed by atoms with Crippen molar-refractivity contribution in [3.63, 3.8) is 0 Å². The summed E-state index contributed by atoms with van der Waals surface area (Å²) in [5.41, 5.74) is 2.30. The van der Waals surface area contributed by atoms with Crippen LogP contribution in [0.4, 0.5) is 4.39 Å². The summed E-state index contributed by atoms with van der Waals surface area (Å²) in [4.78, 5) is 0. The predicted molar refractivity (Wildman–Crippen MR) is 75.8 cm³/mol. The normalized spacial score (nSPS) is 12.4. The molecule has 94 valence electrons. The van der Waals surface area contributed by atoms with Gasteiger partial charge in [0, 0.05) is 17.1 Å². The van der Waals surface area contributed by atoms with Gasteiger partial charge in [-0.3, -0.25) is 0 Å². The van der Waals surface area contributed by atoms with Crippen molar-refractivity contribution < 1.29 is 4.39 Å². The largest absolute Gasteiger partial charge is 0.306 e. The maximum Gasteiger partial charge on any atom is 0.124 e. The lowest BCUT2D eigenvalue weighted by molar-refractivity contribution is 0.571. The van der Waals surface area contributed by atoms with E-state index in [1.54, 1.807) is 6.07 Å². The molecule has 3 heteroatoms. The van der Waals surface area contributed by atoms with E-state index in [0.717, 1.165) is 10.0 Å². The van der Waals surface area contributed by atoms with Gasteiger partial charge in [0.15, 0.2) is 0 Å². The fourth-order valence-corrected chi connectivity index (χ4v) is 2.28. The summed E-state index contributed by atoms with van der Waals surface area (Å²) in [6.45, 7) is 2.82. The Morgan fingerprint density at radius 1 is 1.17 bits per heavy atom. The van der Waals surface area contributed by atoms with Crippen LogP contribution in [0, 0.1) is 5.82 Å². The smallest absolute Gasteiger partial charge is 0.124 e. The molecule has 0 heterocycles. The van der Waals surface area contributed by atoms with Crippen LogP contribution in [0.1, 0.15) is 24.1 Å². The Hall–Kier alpha value is -1.19. The number of hydrogen-bond acceptors (Lipinski definition) is 1. The molecular weight excluding hydrogens is 293 g/mol. The van der Waals surface area contributed by atoms with Gasteiger partial charge >= 0.3 is 0 Å². The first kappa shape index (κ1) is 13.2. The van der Waals surface area contributed by atoms with Gasteiger partial charge in [0.1, 0.15) is 5.82 Å². The average molecular weight is 308 g/mol. The fraction of sp³-hybridized carbons (Fsp3) is 0.200. The molecule has 0 saturated heterocycles. The van der Waals surface area contributed by atoms with Crippen molar-refractivity contribution in [1.82, 2.24) is 5.32 Å². The van der Waals surface area contributed by atoms with Gasteiger partial charge in [0.05, 0.1) is 0 Å². The summed E-state index contributed by atoms with van der Waals surface area (Å²) >= 11 is 3.37. The molecule has 0 fully saturated rings. The molecule has 0 aliphatic carbocycles. The van der Waals surface area contributed by atoms with Gasteiger partial charge in [0.25, 0.3) is 0 Å². The van der Waals surface area contributed by atoms with Crippen LogP contribution < -0.4 is 5.32 Å². The Morgan fingerprint density at radius 3 is 2.56 bits per heavy atom. The lowest BCUT2D eigenvalue weighted by atomic mass is 10.1. The SMILES string of the molecule is C[C@H](NCc1ccc(F)cc1Br)c1ccccc1. The zero-order chi connectivity index (χ0) is 13.0. The minimum absolute atomic E-state index is 0.221. The highest BCUT2D eigenvalue weighted by Crippen LogP contribution is 2.19. The highest BCUT2D eigenvalue weighted by atomic mass is 79.9. The van der Waals surface area contributed by atoms with Crippen LogP contribution in [-0.2, 0) is 6.54 Å². The van der Waals surface area contributed by atoms with E-state index >= 15 is 0 Å². The second kappa shape index (κ2) is 6.12. The number of rotatable bonds is 4. The first-order valence-electron chi connectivity index (χ1n) is 5.89. The van der Waals surface area contributed by atoms with Crippen molar-refractivity contribution in [3.8, 4) is 0 Å². The molecule has 2 aromatic rings. The van der Waals surface area contributed by atoms with Gasteiger partial charge in [-0.25, -0.2) is 4.39 Å². The van der Waals surface area contributed by atoms with E-state index in [4.69, 9.17) is 0 Å². The molecule has 18 heavy (non-hydrogen) atoms. The Labute approximate surface area is 115 Å². The van der Waals surface area contributed by atoms with E-state index in [1.165, 1.54) is 17.7 Å². The third kappa shape index (κ3) is 3.40. The molecule has 2 rings (SSSR count). The monoisotopic (exact) mass is 307 g/mol. The third-order valence-corrected chi connectivity index (χ3v) is 3.65. The van der Waals surface area contributed by atoms with E-state index < -0.39 is 0 Å². The minimum Gasteiger partial charge on any atom is -0.306 e. The third-order valence-electron chi connectivity index (χ3n) is 2.91. The molecule has 0 spiro atoms. The minimum atomic E-state index is -0.221. The molecule has 1 nitrogen and oxygen atoms in total. The van der Waals surface area contributed by atoms with Crippen LogP contribution in [0.5, 0.6) is 0 Å². The molecule has 0 radical (unpaired) electrons. The van der Waals surface area contributed by atoms with Crippen molar-refractivity contribution in [2.75, 3.05) is 0 Å². The van der Waals surface area contributed by atoms with Crippen molar-refractivity contribution in [2.45, 2.75) is 19.5 Å². The topological polar surface area (TPSA) is 12.0 Å². The molecule has 1 atom stereocenters. The van der Waals surface area contributed by atoms with Crippen LogP contribution in [0.2, 0.25) is 0 Å². The van der Waals surface area contributed by atoms with Crippen LogP contribution >= 0.6 is 15.9 Å². The molecule has 0 aliphatic rings. The summed E-state index contributed by atoms with van der Waals surface area (Å²) in [6.07, 6.45) is 0. The number of halogens is 2. The number of hydrogen-bond donors (Lipinski definition) is 1. The van der Waals surface area contributed by atoms with Gasteiger partial charge in [0.2, 0.25) is 0 Å². The summed E-state index contributed by atoms with van der Waals surface area (Å²) < 4.78 is 13.8. The van der Waals surface area contributed by atoms with E-state index in [2.05, 4.69) is 40.3 Å². The maximum atomic E-state index is 13.0. The van der Waals surface area contributed by atoms with Gasteiger partial charge in [-0.05, 0) is 30.2 Å². The van der Waals surface area contributed by atoms with Crippen LogP contribution in [0.25, 0.3) is 0 Å². The maximum absolute atomic E-state index is 13.0. The first-order valence-corrected chi connectivity index (χ1v) is 6.68. The van der Waals surface area contributed by atoms with Crippen LogP contribution in [0.3, 0.4) is 0 Å². The standard InChI is InChI=1S/C15H15BrFN/c1-11(12-5-3-2-4-6-12)18-10-13-7-8-14(17)9-15(13)16/h2-9,11,18H,10H2,1H3/t11-/m0/s1. The average Bonchev–Trinajstić information content (AvgIpc) is 2.38. The van der Waals surface area contributed by atoms with E-state index in [0.29, 0.717) is 6.54 Å². The fourth-order valence-electron chi connectivity index (χ4n) is 1.79. The second-order valence-electron chi connectivity index (χ2n) is 4.25. The van der Waals surface area contributed by atoms with Gasteiger partial charge in [-0.2, -0.15) is 0 Å². The predicted octanol–water partition coefficient (Wildman–Crippen LogP) is 4.44. The van der Waals surface area contributed by atoms with E-state index in [9.17, 15) is 4.39 Å². The lowest BCUT2D eigenvalue weighted by Gasteiger charge is -2.15. The van der Waals surface area contributed by atoms with Gasteiger partial charge in [-0.1, -0.05) is 52.3 Å². The Bertz CT molecular complexity index is 513. The molecule has 0 amide bonds. The zero-order valence-electron chi connectivity index (χ0n) is 10.2. The quantitative estimate of drug-likeness (QED) is 0.880. The van der Waals surface area contributed by atoms with Gasteiger partial charge < -0.3 is 5.32 Å². The lowest BCUT2D eigenvalue weighted by Crippen LogP contribution is -2.18. The molecule has 0 bridgehead atoms. The summed E-state index contributed by atoms with van der Waals surface area (Å²) in [5.74, 6) is -0.221. The van der Waals surface area contributed by atoms with Crippen molar-refractivity contribution in [2.24, 2.45) is 0 Å². The molecule has 1 N–H and O–H groups in total. The molecule has 0 aromatic heterocycles. The molecule has 0 unspecified atom stereocenters. The summed E-state index contributed by atoms with van der Waals surface area (Å²) in [7, 11) is 0. The van der Waals surface area contributed by atoms with Gasteiger partial charge in [-0.15, -0.1) is 0 Å². The highest BCUT2D eigenvalue weighted by Gasteiger charge is 2.06. The first-order chi connectivity index (χ1) is 8.66. The number of nitrogens with one attached hydrogen (secondary N) is 1. The molecule has 2 aromatic carbocycles. The highest BCUT2D eigenvalue weighted by molar-refractivity contribution is 9.10. The zero-order valence-corrected chi connectivity index (χ0v) is 11.7. The van der Waals surface area contributed by atoms with Crippen molar-refractivity contribution in [1.29, 1.82) is 0 Å². The second-order valence-corrected chi connectivity index (χ2v) is 5.10. The van der Waals surface area contributed by atoms with Crippen molar-refractivity contribution in [3.05, 3.63) is 69.9 Å². The van der Waals surface area contributed by atoms with E-state index in [-0.39, 0.29) is 11.9 Å². The van der Waals surface area contributed by atoms with Crippen LogP contribution in [-0.4, -0.2) is 0 Å². The molecule has 0 aliphatic heterocycles. The summed E-state index contributed by atoms with van der Waals surface area (Å²) in [6, 6.07) is 15.3. The molecule has 0 saturated carbocycles. The Balaban J connectivity index is 1.99.